The van der Waals surface area contributed by atoms with Gasteiger partial charge in [-0.05, 0) is 44.1 Å². The zero-order valence-corrected chi connectivity index (χ0v) is 11.7. The van der Waals surface area contributed by atoms with Crippen LogP contribution in [0.25, 0.3) is 0 Å². The zero-order chi connectivity index (χ0) is 12.8. The maximum Gasteiger partial charge on any atom is 0.237 e. The first-order valence-corrected chi connectivity index (χ1v) is 7.77. The molecule has 2 N–H and O–H groups in total. The maximum atomic E-state index is 11.9. The van der Waals surface area contributed by atoms with E-state index in [9.17, 15) is 4.79 Å². The molecule has 18 heavy (non-hydrogen) atoms. The van der Waals surface area contributed by atoms with Gasteiger partial charge in [-0.1, -0.05) is 32.6 Å². The van der Waals surface area contributed by atoms with Crippen LogP contribution in [0.1, 0.15) is 58.3 Å². The van der Waals surface area contributed by atoms with Gasteiger partial charge in [-0.15, -0.1) is 0 Å². The molecule has 3 atom stereocenters. The molecule has 0 aromatic heterocycles. The number of carbonyl (C=O) groups excluding carboxylic acids is 1. The summed E-state index contributed by atoms with van der Waals surface area (Å²) >= 11 is 0. The van der Waals surface area contributed by atoms with Crippen molar-refractivity contribution in [3.63, 3.8) is 0 Å². The van der Waals surface area contributed by atoms with Gasteiger partial charge in [0.25, 0.3) is 0 Å². The lowest BCUT2D eigenvalue weighted by atomic mass is 9.81. The van der Waals surface area contributed by atoms with Crippen molar-refractivity contribution >= 4 is 5.91 Å². The molecule has 2 aliphatic rings. The summed E-state index contributed by atoms with van der Waals surface area (Å²) in [6, 6.07) is 0.0732. The van der Waals surface area contributed by atoms with Gasteiger partial charge in [-0.25, -0.2) is 0 Å². The number of hydrogen-bond donors (Lipinski definition) is 2. The smallest absolute Gasteiger partial charge is 0.237 e. The average Bonchev–Trinajstić information content (AvgIpc) is 2.40. The first kappa shape index (κ1) is 13.9. The fourth-order valence-electron chi connectivity index (χ4n) is 3.42. The summed E-state index contributed by atoms with van der Waals surface area (Å²) in [5.74, 6) is 1.95. The number of rotatable bonds is 4. The van der Waals surface area contributed by atoms with Crippen molar-refractivity contribution in [2.24, 2.45) is 11.8 Å². The van der Waals surface area contributed by atoms with Crippen LogP contribution in [0.2, 0.25) is 0 Å². The fraction of sp³-hybridized carbons (Fsp3) is 0.933. The van der Waals surface area contributed by atoms with Crippen molar-refractivity contribution < 1.29 is 4.79 Å². The third kappa shape index (κ3) is 4.27. The zero-order valence-electron chi connectivity index (χ0n) is 11.7. The van der Waals surface area contributed by atoms with E-state index in [0.29, 0.717) is 0 Å². The maximum absolute atomic E-state index is 11.9. The van der Waals surface area contributed by atoms with Crippen molar-refractivity contribution in [1.82, 2.24) is 10.6 Å². The minimum absolute atomic E-state index is 0.0732. The van der Waals surface area contributed by atoms with Crippen molar-refractivity contribution in [2.75, 3.05) is 13.1 Å². The van der Waals surface area contributed by atoms with Gasteiger partial charge in [0, 0.05) is 6.54 Å². The van der Waals surface area contributed by atoms with Crippen LogP contribution in [-0.2, 0) is 4.79 Å². The number of piperidine rings is 1. The minimum Gasteiger partial charge on any atom is -0.355 e. The SMILES string of the molecule is CC1CCCC(CCNC(=O)[C@@H]2CCCCN2)C1. The van der Waals surface area contributed by atoms with E-state index in [0.717, 1.165) is 31.3 Å². The Balaban J connectivity index is 1.60. The second kappa shape index (κ2) is 7.13. The lowest BCUT2D eigenvalue weighted by Crippen LogP contribution is -2.47. The second-order valence-corrected chi connectivity index (χ2v) is 6.22. The summed E-state index contributed by atoms with van der Waals surface area (Å²) in [5.41, 5.74) is 0. The van der Waals surface area contributed by atoms with E-state index in [-0.39, 0.29) is 11.9 Å². The van der Waals surface area contributed by atoms with Gasteiger partial charge in [-0.3, -0.25) is 4.79 Å². The molecule has 1 saturated heterocycles. The molecule has 2 rings (SSSR count). The first-order chi connectivity index (χ1) is 8.75. The predicted octanol–water partition coefficient (Wildman–Crippen LogP) is 2.46. The van der Waals surface area contributed by atoms with E-state index in [1.165, 1.54) is 44.9 Å². The van der Waals surface area contributed by atoms with Gasteiger partial charge < -0.3 is 10.6 Å². The Morgan fingerprint density at radius 2 is 2.11 bits per heavy atom. The topological polar surface area (TPSA) is 41.1 Å². The molecule has 0 aromatic carbocycles. The molecular formula is C15H28N2O. The Kier molecular flexibility index (Phi) is 5.48. The summed E-state index contributed by atoms with van der Waals surface area (Å²) in [5, 5.41) is 6.42. The van der Waals surface area contributed by atoms with Gasteiger partial charge in [0.05, 0.1) is 6.04 Å². The normalized spacial score (nSPS) is 33.1. The molecule has 1 heterocycles. The van der Waals surface area contributed by atoms with Gasteiger partial charge in [0.1, 0.15) is 0 Å². The number of hydrogen-bond acceptors (Lipinski definition) is 2. The van der Waals surface area contributed by atoms with Gasteiger partial charge in [0.2, 0.25) is 5.91 Å². The van der Waals surface area contributed by atoms with Crippen LogP contribution in [0.3, 0.4) is 0 Å². The van der Waals surface area contributed by atoms with Crippen molar-refractivity contribution in [3.8, 4) is 0 Å². The van der Waals surface area contributed by atoms with Crippen LogP contribution in [0.5, 0.6) is 0 Å². The van der Waals surface area contributed by atoms with Crippen LogP contribution in [0.15, 0.2) is 0 Å². The standard InChI is InChI=1S/C15H28N2O/c1-12-5-4-6-13(11-12)8-10-17-15(18)14-7-2-3-9-16-14/h12-14,16H,2-11H2,1H3,(H,17,18)/t12?,13?,14-/m0/s1. The highest BCUT2D eigenvalue weighted by Crippen LogP contribution is 2.30. The summed E-state index contributed by atoms with van der Waals surface area (Å²) in [4.78, 5) is 11.9. The van der Waals surface area contributed by atoms with E-state index < -0.39 is 0 Å². The molecule has 0 bridgehead atoms. The molecule has 1 amide bonds. The van der Waals surface area contributed by atoms with E-state index in [1.807, 2.05) is 0 Å². The molecular weight excluding hydrogens is 224 g/mol. The third-order valence-electron chi connectivity index (χ3n) is 4.52. The summed E-state index contributed by atoms with van der Waals surface area (Å²) < 4.78 is 0. The molecule has 0 aromatic rings. The Morgan fingerprint density at radius 1 is 1.22 bits per heavy atom. The van der Waals surface area contributed by atoms with Crippen LogP contribution >= 0.6 is 0 Å². The minimum atomic E-state index is 0.0732. The highest BCUT2D eigenvalue weighted by Gasteiger charge is 2.21. The Labute approximate surface area is 111 Å². The van der Waals surface area contributed by atoms with Crippen LogP contribution in [-0.4, -0.2) is 25.0 Å². The molecule has 2 unspecified atom stereocenters. The summed E-state index contributed by atoms with van der Waals surface area (Å²) in [7, 11) is 0. The quantitative estimate of drug-likeness (QED) is 0.807. The number of nitrogens with one attached hydrogen (secondary N) is 2. The van der Waals surface area contributed by atoms with Crippen LogP contribution < -0.4 is 10.6 Å². The van der Waals surface area contributed by atoms with Gasteiger partial charge in [0.15, 0.2) is 0 Å². The number of amides is 1. The molecule has 3 heteroatoms. The molecule has 0 radical (unpaired) electrons. The monoisotopic (exact) mass is 252 g/mol. The lowest BCUT2D eigenvalue weighted by Gasteiger charge is -2.27. The molecule has 3 nitrogen and oxygen atoms in total. The molecule has 1 saturated carbocycles. The van der Waals surface area contributed by atoms with Crippen molar-refractivity contribution in [1.29, 1.82) is 0 Å². The molecule has 1 aliphatic carbocycles. The summed E-state index contributed by atoms with van der Waals surface area (Å²) in [6.07, 6.45) is 10.1. The van der Waals surface area contributed by atoms with E-state index >= 15 is 0 Å². The lowest BCUT2D eigenvalue weighted by molar-refractivity contribution is -0.123. The van der Waals surface area contributed by atoms with E-state index in [4.69, 9.17) is 0 Å². The van der Waals surface area contributed by atoms with E-state index in [2.05, 4.69) is 17.6 Å². The second-order valence-electron chi connectivity index (χ2n) is 6.22. The molecule has 0 spiro atoms. The predicted molar refractivity (Wildman–Crippen MR) is 74.4 cm³/mol. The van der Waals surface area contributed by atoms with E-state index in [1.54, 1.807) is 0 Å². The number of carbonyl (C=O) groups is 1. The Bertz CT molecular complexity index is 261. The Morgan fingerprint density at radius 3 is 2.83 bits per heavy atom. The van der Waals surface area contributed by atoms with Gasteiger partial charge >= 0.3 is 0 Å². The molecule has 2 fully saturated rings. The molecule has 104 valence electrons. The molecule has 1 aliphatic heterocycles. The van der Waals surface area contributed by atoms with Crippen molar-refractivity contribution in [3.05, 3.63) is 0 Å². The van der Waals surface area contributed by atoms with Crippen molar-refractivity contribution in [2.45, 2.75) is 64.3 Å². The largest absolute Gasteiger partial charge is 0.355 e. The highest BCUT2D eigenvalue weighted by molar-refractivity contribution is 5.81. The average molecular weight is 252 g/mol. The third-order valence-corrected chi connectivity index (χ3v) is 4.52. The Hall–Kier alpha value is -0.570. The van der Waals surface area contributed by atoms with Crippen LogP contribution in [0, 0.1) is 11.8 Å². The summed E-state index contributed by atoms with van der Waals surface area (Å²) in [6.45, 7) is 4.23. The van der Waals surface area contributed by atoms with Crippen LogP contribution in [0.4, 0.5) is 0 Å². The highest BCUT2D eigenvalue weighted by atomic mass is 16.2. The van der Waals surface area contributed by atoms with Gasteiger partial charge in [-0.2, -0.15) is 0 Å². The fourth-order valence-corrected chi connectivity index (χ4v) is 3.42. The first-order valence-electron chi connectivity index (χ1n) is 7.77.